The van der Waals surface area contributed by atoms with Gasteiger partial charge in [-0.2, -0.15) is 5.10 Å². The zero-order valence-electron chi connectivity index (χ0n) is 10.5. The standard InChI is InChI=1S/C12H18N4O/c1-8(2)10-4-12(15-13-5-10)14-11-6-16(7-11)9(3)17/h4-5,8,11H,6-7H2,1-3H3,(H,14,15). The average molecular weight is 234 g/mol. The number of amides is 1. The van der Waals surface area contributed by atoms with E-state index in [1.807, 2.05) is 6.07 Å². The van der Waals surface area contributed by atoms with E-state index in [1.165, 1.54) is 5.56 Å². The summed E-state index contributed by atoms with van der Waals surface area (Å²) in [5.41, 5.74) is 1.17. The lowest BCUT2D eigenvalue weighted by atomic mass is 10.1. The van der Waals surface area contributed by atoms with Gasteiger partial charge in [-0.15, -0.1) is 5.10 Å². The molecule has 1 amide bonds. The fourth-order valence-corrected chi connectivity index (χ4v) is 1.80. The predicted octanol–water partition coefficient (Wildman–Crippen LogP) is 1.24. The zero-order chi connectivity index (χ0) is 12.4. The smallest absolute Gasteiger partial charge is 0.219 e. The zero-order valence-corrected chi connectivity index (χ0v) is 10.5. The number of carbonyl (C=O) groups is 1. The molecule has 92 valence electrons. The molecule has 0 aliphatic carbocycles. The van der Waals surface area contributed by atoms with Crippen LogP contribution >= 0.6 is 0 Å². The minimum absolute atomic E-state index is 0.130. The third kappa shape index (κ3) is 2.72. The number of carbonyl (C=O) groups excluding carboxylic acids is 1. The lowest BCUT2D eigenvalue weighted by Gasteiger charge is -2.39. The van der Waals surface area contributed by atoms with E-state index >= 15 is 0 Å². The van der Waals surface area contributed by atoms with Crippen LogP contribution in [0.1, 0.15) is 32.3 Å². The summed E-state index contributed by atoms with van der Waals surface area (Å²) < 4.78 is 0. The molecule has 1 saturated heterocycles. The van der Waals surface area contributed by atoms with Crippen LogP contribution in [0.4, 0.5) is 5.82 Å². The van der Waals surface area contributed by atoms with Crippen LogP contribution in [0.5, 0.6) is 0 Å². The number of anilines is 1. The first-order valence-electron chi connectivity index (χ1n) is 5.91. The molecular formula is C12H18N4O. The van der Waals surface area contributed by atoms with E-state index < -0.39 is 0 Å². The van der Waals surface area contributed by atoms with Gasteiger partial charge in [0, 0.05) is 20.0 Å². The van der Waals surface area contributed by atoms with Crippen molar-refractivity contribution in [3.8, 4) is 0 Å². The molecule has 0 aromatic carbocycles. The number of hydrogen-bond acceptors (Lipinski definition) is 4. The number of hydrogen-bond donors (Lipinski definition) is 1. The van der Waals surface area contributed by atoms with Gasteiger partial charge in [0.25, 0.3) is 0 Å². The lowest BCUT2D eigenvalue weighted by Crippen LogP contribution is -2.56. The van der Waals surface area contributed by atoms with Crippen molar-refractivity contribution in [3.63, 3.8) is 0 Å². The Hall–Kier alpha value is -1.65. The number of nitrogens with one attached hydrogen (secondary N) is 1. The Kier molecular flexibility index (Phi) is 3.26. The van der Waals surface area contributed by atoms with E-state index in [0.29, 0.717) is 12.0 Å². The molecule has 0 spiro atoms. The van der Waals surface area contributed by atoms with E-state index in [4.69, 9.17) is 0 Å². The Bertz CT molecular complexity index is 413. The summed E-state index contributed by atoms with van der Waals surface area (Å²) in [7, 11) is 0. The van der Waals surface area contributed by atoms with Crippen molar-refractivity contribution in [2.45, 2.75) is 32.7 Å². The Morgan fingerprint density at radius 1 is 1.53 bits per heavy atom. The largest absolute Gasteiger partial charge is 0.362 e. The van der Waals surface area contributed by atoms with Crippen LogP contribution in [0.25, 0.3) is 0 Å². The highest BCUT2D eigenvalue weighted by atomic mass is 16.2. The van der Waals surface area contributed by atoms with Crippen LogP contribution in [0, 0.1) is 0 Å². The molecule has 0 bridgehead atoms. The summed E-state index contributed by atoms with van der Waals surface area (Å²) in [6, 6.07) is 2.32. The van der Waals surface area contributed by atoms with Gasteiger partial charge in [-0.1, -0.05) is 13.8 Å². The number of rotatable bonds is 3. The summed E-state index contributed by atoms with van der Waals surface area (Å²) in [4.78, 5) is 12.8. The van der Waals surface area contributed by atoms with E-state index in [9.17, 15) is 4.79 Å². The van der Waals surface area contributed by atoms with Crippen molar-refractivity contribution in [1.82, 2.24) is 15.1 Å². The summed E-state index contributed by atoms with van der Waals surface area (Å²) >= 11 is 0. The summed E-state index contributed by atoms with van der Waals surface area (Å²) in [5, 5.41) is 11.3. The van der Waals surface area contributed by atoms with Crippen molar-refractivity contribution < 1.29 is 4.79 Å². The second-order valence-electron chi connectivity index (χ2n) is 4.79. The minimum atomic E-state index is 0.130. The van der Waals surface area contributed by atoms with Crippen molar-refractivity contribution in [2.24, 2.45) is 0 Å². The highest BCUT2D eigenvalue weighted by Gasteiger charge is 2.28. The van der Waals surface area contributed by atoms with Gasteiger partial charge in [0.2, 0.25) is 5.91 Å². The average Bonchev–Trinajstić information content (AvgIpc) is 2.22. The highest BCUT2D eigenvalue weighted by Crippen LogP contribution is 2.18. The third-order valence-electron chi connectivity index (χ3n) is 3.02. The molecule has 17 heavy (non-hydrogen) atoms. The fraction of sp³-hybridized carbons (Fsp3) is 0.583. The van der Waals surface area contributed by atoms with Gasteiger partial charge >= 0.3 is 0 Å². The molecule has 0 radical (unpaired) electrons. The minimum Gasteiger partial charge on any atom is -0.362 e. The quantitative estimate of drug-likeness (QED) is 0.855. The SMILES string of the molecule is CC(=O)N1CC(Nc2cc(C(C)C)cnn2)C1. The van der Waals surface area contributed by atoms with Gasteiger partial charge in [-0.25, -0.2) is 0 Å². The molecule has 1 N–H and O–H groups in total. The molecule has 1 aromatic heterocycles. The van der Waals surface area contributed by atoms with Crippen molar-refractivity contribution >= 4 is 11.7 Å². The van der Waals surface area contributed by atoms with Crippen LogP contribution in [-0.2, 0) is 4.79 Å². The van der Waals surface area contributed by atoms with Crippen LogP contribution < -0.4 is 5.32 Å². The maximum Gasteiger partial charge on any atom is 0.219 e. The summed E-state index contributed by atoms with van der Waals surface area (Å²) in [6.45, 7) is 7.35. The maximum atomic E-state index is 11.0. The van der Waals surface area contributed by atoms with E-state index in [0.717, 1.165) is 18.9 Å². The molecule has 1 aliphatic rings. The molecule has 2 heterocycles. The molecule has 1 aliphatic heterocycles. The normalized spacial score (nSPS) is 15.9. The molecule has 5 heteroatoms. The van der Waals surface area contributed by atoms with Crippen molar-refractivity contribution in [1.29, 1.82) is 0 Å². The van der Waals surface area contributed by atoms with Gasteiger partial charge in [0.15, 0.2) is 0 Å². The van der Waals surface area contributed by atoms with E-state index in [-0.39, 0.29) is 5.91 Å². The topological polar surface area (TPSA) is 58.1 Å². The molecule has 1 fully saturated rings. The molecule has 0 unspecified atom stereocenters. The number of nitrogens with zero attached hydrogens (tertiary/aromatic N) is 3. The van der Waals surface area contributed by atoms with Crippen LogP contribution in [0.15, 0.2) is 12.3 Å². The number of aromatic nitrogens is 2. The van der Waals surface area contributed by atoms with Crippen LogP contribution in [0.2, 0.25) is 0 Å². The van der Waals surface area contributed by atoms with Gasteiger partial charge in [0.1, 0.15) is 5.82 Å². The predicted molar refractivity (Wildman–Crippen MR) is 65.8 cm³/mol. The third-order valence-corrected chi connectivity index (χ3v) is 3.02. The first kappa shape index (κ1) is 11.8. The Labute approximate surface area is 101 Å². The van der Waals surface area contributed by atoms with Gasteiger partial charge in [-0.3, -0.25) is 4.79 Å². The molecule has 1 aromatic rings. The second kappa shape index (κ2) is 4.69. The van der Waals surface area contributed by atoms with Gasteiger partial charge in [0.05, 0.1) is 12.2 Å². The van der Waals surface area contributed by atoms with Crippen molar-refractivity contribution in [3.05, 3.63) is 17.8 Å². The first-order valence-corrected chi connectivity index (χ1v) is 5.91. The molecular weight excluding hydrogens is 216 g/mol. The monoisotopic (exact) mass is 234 g/mol. The van der Waals surface area contributed by atoms with E-state index in [1.54, 1.807) is 18.0 Å². The van der Waals surface area contributed by atoms with Gasteiger partial charge in [-0.05, 0) is 17.5 Å². The lowest BCUT2D eigenvalue weighted by molar-refractivity contribution is -0.132. The number of likely N-dealkylation sites (tertiary alicyclic amines) is 1. The summed E-state index contributed by atoms with van der Waals surface area (Å²) in [5.74, 6) is 1.37. The summed E-state index contributed by atoms with van der Waals surface area (Å²) in [6.07, 6.45) is 1.79. The first-order chi connectivity index (χ1) is 8.06. The second-order valence-corrected chi connectivity index (χ2v) is 4.79. The highest BCUT2D eigenvalue weighted by molar-refractivity contribution is 5.74. The Morgan fingerprint density at radius 3 is 2.82 bits per heavy atom. The van der Waals surface area contributed by atoms with Crippen LogP contribution in [0.3, 0.4) is 0 Å². The van der Waals surface area contributed by atoms with E-state index in [2.05, 4.69) is 29.4 Å². The van der Waals surface area contributed by atoms with Gasteiger partial charge < -0.3 is 10.2 Å². The van der Waals surface area contributed by atoms with Crippen LogP contribution in [-0.4, -0.2) is 40.1 Å². The van der Waals surface area contributed by atoms with Crippen molar-refractivity contribution in [2.75, 3.05) is 18.4 Å². The molecule has 0 atom stereocenters. The Morgan fingerprint density at radius 2 is 2.24 bits per heavy atom. The fourth-order valence-electron chi connectivity index (χ4n) is 1.80. The maximum absolute atomic E-state index is 11.0. The molecule has 0 saturated carbocycles. The molecule has 2 rings (SSSR count). The Balaban J connectivity index is 1.92. The molecule has 5 nitrogen and oxygen atoms in total.